The van der Waals surface area contributed by atoms with Crippen molar-refractivity contribution in [1.29, 1.82) is 0 Å². The van der Waals surface area contributed by atoms with Crippen LogP contribution in [0.1, 0.15) is 26.2 Å². The van der Waals surface area contributed by atoms with Gasteiger partial charge < -0.3 is 10.2 Å². The normalized spacial score (nSPS) is 14.2. The molecule has 1 saturated carbocycles. The van der Waals surface area contributed by atoms with Crippen LogP contribution in [0.2, 0.25) is 0 Å². The predicted octanol–water partition coefficient (Wildman–Crippen LogP) is 2.66. The van der Waals surface area contributed by atoms with E-state index >= 15 is 0 Å². The monoisotopic (exact) mass is 264 g/mol. The lowest BCUT2D eigenvalue weighted by Gasteiger charge is -2.18. The summed E-state index contributed by atoms with van der Waals surface area (Å²) >= 11 is 0. The van der Waals surface area contributed by atoms with Crippen LogP contribution in [-0.4, -0.2) is 30.0 Å². The lowest BCUT2D eigenvalue weighted by atomic mass is 10.3. The van der Waals surface area contributed by atoms with Crippen LogP contribution in [0.25, 0.3) is 0 Å². The van der Waals surface area contributed by atoms with Gasteiger partial charge >= 0.3 is 0 Å². The maximum atomic E-state index is 11.0. The number of nitrogens with zero attached hydrogens (tertiary/aromatic N) is 3. The van der Waals surface area contributed by atoms with Crippen molar-refractivity contribution in [2.24, 2.45) is 5.92 Å². The first-order valence-corrected chi connectivity index (χ1v) is 6.71. The maximum absolute atomic E-state index is 11.0. The Labute approximate surface area is 113 Å². The van der Waals surface area contributed by atoms with E-state index in [1.807, 2.05) is 18.9 Å². The minimum Gasteiger partial charge on any atom is -0.370 e. The zero-order valence-electron chi connectivity index (χ0n) is 11.4. The number of nitro groups is 1. The van der Waals surface area contributed by atoms with Crippen molar-refractivity contribution in [2.45, 2.75) is 26.2 Å². The van der Waals surface area contributed by atoms with Crippen molar-refractivity contribution >= 4 is 17.3 Å². The molecular weight excluding hydrogens is 244 g/mol. The third-order valence-corrected chi connectivity index (χ3v) is 3.18. The summed E-state index contributed by atoms with van der Waals surface area (Å²) in [4.78, 5) is 17.0. The van der Waals surface area contributed by atoms with E-state index in [1.54, 1.807) is 6.07 Å². The Kier molecular flexibility index (Phi) is 4.19. The molecule has 0 bridgehead atoms. The summed E-state index contributed by atoms with van der Waals surface area (Å²) < 4.78 is 0. The van der Waals surface area contributed by atoms with Gasteiger partial charge in [0.2, 0.25) is 0 Å². The third-order valence-electron chi connectivity index (χ3n) is 3.18. The number of aromatic nitrogens is 1. The fourth-order valence-corrected chi connectivity index (χ4v) is 1.93. The number of anilines is 2. The van der Waals surface area contributed by atoms with E-state index in [-0.39, 0.29) is 10.6 Å². The quantitative estimate of drug-likeness (QED) is 0.605. The standard InChI is InChI=1S/C13H20N4O2/c1-3-6-14-12-7-11(17(18)19)8-13(15-12)16(2)9-10-4-5-10/h7-8,10H,3-6,9H2,1-2H3,(H,14,15). The van der Waals surface area contributed by atoms with Gasteiger partial charge in [0, 0.05) is 20.1 Å². The van der Waals surface area contributed by atoms with E-state index in [2.05, 4.69) is 10.3 Å². The molecule has 1 N–H and O–H groups in total. The molecule has 1 aromatic rings. The van der Waals surface area contributed by atoms with Crippen LogP contribution in [0, 0.1) is 16.0 Å². The van der Waals surface area contributed by atoms with Gasteiger partial charge in [-0.1, -0.05) is 6.92 Å². The molecular formula is C13H20N4O2. The molecule has 6 heteroatoms. The maximum Gasteiger partial charge on any atom is 0.276 e. The van der Waals surface area contributed by atoms with E-state index in [1.165, 1.54) is 18.9 Å². The molecule has 0 amide bonds. The SMILES string of the molecule is CCCNc1cc([N+](=O)[O-])cc(N(C)CC2CC2)n1. The number of pyridine rings is 1. The minimum atomic E-state index is -0.368. The molecule has 1 fully saturated rings. The molecule has 0 spiro atoms. The second kappa shape index (κ2) is 5.86. The van der Waals surface area contributed by atoms with Crippen LogP contribution < -0.4 is 10.2 Å². The molecule has 0 atom stereocenters. The van der Waals surface area contributed by atoms with Crippen LogP contribution in [-0.2, 0) is 0 Å². The second-order valence-corrected chi connectivity index (χ2v) is 5.08. The van der Waals surface area contributed by atoms with Gasteiger partial charge in [0.05, 0.1) is 17.1 Å². The van der Waals surface area contributed by atoms with E-state index in [0.717, 1.165) is 25.4 Å². The average molecular weight is 264 g/mol. The Morgan fingerprint density at radius 2 is 2.26 bits per heavy atom. The van der Waals surface area contributed by atoms with Gasteiger partial charge in [-0.2, -0.15) is 0 Å². The molecule has 2 rings (SSSR count). The number of nitrogens with one attached hydrogen (secondary N) is 1. The van der Waals surface area contributed by atoms with Crippen LogP contribution in [0.15, 0.2) is 12.1 Å². The predicted molar refractivity (Wildman–Crippen MR) is 75.7 cm³/mol. The molecule has 0 aliphatic heterocycles. The topological polar surface area (TPSA) is 71.3 Å². The Balaban J connectivity index is 2.19. The van der Waals surface area contributed by atoms with Crippen LogP contribution >= 0.6 is 0 Å². The fraction of sp³-hybridized carbons (Fsp3) is 0.615. The Bertz CT molecular complexity index is 460. The Hall–Kier alpha value is -1.85. The van der Waals surface area contributed by atoms with E-state index in [0.29, 0.717) is 11.6 Å². The first kappa shape index (κ1) is 13.6. The zero-order valence-corrected chi connectivity index (χ0v) is 11.4. The van der Waals surface area contributed by atoms with Gasteiger partial charge in [0.25, 0.3) is 5.69 Å². The molecule has 6 nitrogen and oxygen atoms in total. The summed E-state index contributed by atoms with van der Waals surface area (Å²) in [5.41, 5.74) is 0.0891. The Morgan fingerprint density at radius 3 is 2.84 bits per heavy atom. The van der Waals surface area contributed by atoms with E-state index in [9.17, 15) is 10.1 Å². The van der Waals surface area contributed by atoms with Crippen molar-refractivity contribution in [3.63, 3.8) is 0 Å². The van der Waals surface area contributed by atoms with Crippen molar-refractivity contribution in [3.05, 3.63) is 22.2 Å². The smallest absolute Gasteiger partial charge is 0.276 e. The van der Waals surface area contributed by atoms with Gasteiger partial charge in [0.1, 0.15) is 11.6 Å². The van der Waals surface area contributed by atoms with Gasteiger partial charge in [-0.15, -0.1) is 0 Å². The Morgan fingerprint density at radius 1 is 1.53 bits per heavy atom. The molecule has 104 valence electrons. The van der Waals surface area contributed by atoms with E-state index in [4.69, 9.17) is 0 Å². The number of rotatable bonds is 7. The highest BCUT2D eigenvalue weighted by molar-refractivity contribution is 5.55. The molecule has 1 aromatic heterocycles. The van der Waals surface area contributed by atoms with Crippen LogP contribution in [0.3, 0.4) is 0 Å². The highest BCUT2D eigenvalue weighted by atomic mass is 16.6. The first-order chi connectivity index (χ1) is 9.10. The largest absolute Gasteiger partial charge is 0.370 e. The first-order valence-electron chi connectivity index (χ1n) is 6.71. The highest BCUT2D eigenvalue weighted by Crippen LogP contribution is 2.31. The molecule has 0 aromatic carbocycles. The van der Waals surface area contributed by atoms with Gasteiger partial charge in [-0.05, 0) is 25.2 Å². The molecule has 1 heterocycles. The summed E-state index contributed by atoms with van der Waals surface area (Å²) in [7, 11) is 1.94. The lowest BCUT2D eigenvalue weighted by molar-refractivity contribution is -0.384. The molecule has 1 aliphatic carbocycles. The minimum absolute atomic E-state index is 0.0891. The summed E-state index contributed by atoms with van der Waals surface area (Å²) in [6, 6.07) is 3.03. The van der Waals surface area contributed by atoms with Crippen molar-refractivity contribution in [1.82, 2.24) is 4.98 Å². The summed E-state index contributed by atoms with van der Waals surface area (Å²) in [5.74, 6) is 1.96. The second-order valence-electron chi connectivity index (χ2n) is 5.08. The van der Waals surface area contributed by atoms with Gasteiger partial charge in [0.15, 0.2) is 0 Å². The molecule has 19 heavy (non-hydrogen) atoms. The van der Waals surface area contributed by atoms with Crippen molar-refractivity contribution in [2.75, 3.05) is 30.4 Å². The van der Waals surface area contributed by atoms with Gasteiger partial charge in [-0.25, -0.2) is 4.98 Å². The summed E-state index contributed by atoms with van der Waals surface area (Å²) in [5, 5.41) is 14.1. The third kappa shape index (κ3) is 3.81. The van der Waals surface area contributed by atoms with Crippen LogP contribution in [0.4, 0.5) is 17.3 Å². The zero-order chi connectivity index (χ0) is 13.8. The summed E-state index contributed by atoms with van der Waals surface area (Å²) in [6.07, 6.45) is 3.46. The van der Waals surface area contributed by atoms with Crippen molar-refractivity contribution in [3.8, 4) is 0 Å². The molecule has 0 radical (unpaired) electrons. The fourth-order valence-electron chi connectivity index (χ4n) is 1.93. The highest BCUT2D eigenvalue weighted by Gasteiger charge is 2.24. The number of hydrogen-bond acceptors (Lipinski definition) is 5. The molecule has 0 unspecified atom stereocenters. The van der Waals surface area contributed by atoms with E-state index < -0.39 is 0 Å². The van der Waals surface area contributed by atoms with Crippen LogP contribution in [0.5, 0.6) is 0 Å². The molecule has 1 aliphatic rings. The van der Waals surface area contributed by atoms with Crippen molar-refractivity contribution < 1.29 is 4.92 Å². The summed E-state index contributed by atoms with van der Waals surface area (Å²) in [6.45, 7) is 3.73. The number of hydrogen-bond donors (Lipinski definition) is 1. The van der Waals surface area contributed by atoms with Gasteiger partial charge in [-0.3, -0.25) is 10.1 Å². The molecule has 0 saturated heterocycles. The lowest BCUT2D eigenvalue weighted by Crippen LogP contribution is -2.21. The average Bonchev–Trinajstić information content (AvgIpc) is 3.19.